The van der Waals surface area contributed by atoms with Crippen molar-refractivity contribution in [3.63, 3.8) is 0 Å². The molecule has 0 aliphatic rings. The summed E-state index contributed by atoms with van der Waals surface area (Å²) in [5.74, 6) is -0.609. The molecule has 32 heavy (non-hydrogen) atoms. The van der Waals surface area contributed by atoms with Crippen molar-refractivity contribution in [2.24, 2.45) is 0 Å². The first-order valence-corrected chi connectivity index (χ1v) is 11.1. The maximum Gasteiger partial charge on any atom is 0.335 e. The number of carbonyl (C=O) groups is 1. The van der Waals surface area contributed by atoms with Gasteiger partial charge in [-0.25, -0.2) is 17.9 Å². The van der Waals surface area contributed by atoms with Gasteiger partial charge in [-0.3, -0.25) is 0 Å². The highest BCUT2D eigenvalue weighted by Crippen LogP contribution is 2.33. The van der Waals surface area contributed by atoms with Crippen molar-refractivity contribution in [1.29, 1.82) is 0 Å². The summed E-state index contributed by atoms with van der Waals surface area (Å²) in [6.45, 7) is 0. The van der Waals surface area contributed by atoms with Gasteiger partial charge >= 0.3 is 5.97 Å². The molecule has 8 nitrogen and oxygen atoms in total. The fourth-order valence-electron chi connectivity index (χ4n) is 3.12. The molecule has 0 aliphatic carbocycles. The first kappa shape index (κ1) is 21.5. The smallest absolute Gasteiger partial charge is 0.335 e. The number of carboxylic acids is 1. The van der Waals surface area contributed by atoms with E-state index >= 15 is 0 Å². The summed E-state index contributed by atoms with van der Waals surface area (Å²) in [4.78, 5) is 11.4. The molecule has 3 aromatic carbocycles. The summed E-state index contributed by atoms with van der Waals surface area (Å²) in [7, 11) is -2.58. The minimum Gasteiger partial charge on any atom is -0.497 e. The van der Waals surface area contributed by atoms with Crippen LogP contribution in [0.15, 0.2) is 82.7 Å². The van der Waals surface area contributed by atoms with E-state index in [0.29, 0.717) is 22.0 Å². The maximum absolute atomic E-state index is 13.4. The number of hydrogen-bond acceptors (Lipinski definition) is 6. The molecule has 4 rings (SSSR count). The molecular formula is C22H16ClN3O5S. The predicted octanol–water partition coefficient (Wildman–Crippen LogP) is 4.13. The number of nitrogens with zero attached hydrogens (tertiary/aromatic N) is 3. The van der Waals surface area contributed by atoms with Crippen molar-refractivity contribution in [1.82, 2.24) is 15.0 Å². The molecule has 162 valence electrons. The van der Waals surface area contributed by atoms with Gasteiger partial charge in [-0.15, -0.1) is 5.10 Å². The number of aromatic carboxylic acids is 1. The third-order valence-corrected chi connectivity index (χ3v) is 6.65. The molecule has 0 spiro atoms. The standard InChI is InChI=1S/C22H16ClN3O5S/c1-31-18-9-11-19(12-10-18)32(29,30)21-20(14-5-7-16(23)8-6-14)26(25-24-21)17-4-2-3-15(13-17)22(27)28/h2-13H,1H3,(H,27,28). The highest BCUT2D eigenvalue weighted by Gasteiger charge is 2.29. The number of aromatic nitrogens is 3. The highest BCUT2D eigenvalue weighted by molar-refractivity contribution is 7.91. The van der Waals surface area contributed by atoms with Crippen LogP contribution in [-0.2, 0) is 9.84 Å². The van der Waals surface area contributed by atoms with Crippen LogP contribution < -0.4 is 4.74 Å². The summed E-state index contributed by atoms with van der Waals surface area (Å²) in [5.41, 5.74) is 1.05. The van der Waals surface area contributed by atoms with Crippen LogP contribution in [0.1, 0.15) is 10.4 Å². The number of carboxylic acid groups (broad SMARTS) is 1. The van der Waals surface area contributed by atoms with Crippen LogP contribution in [0.2, 0.25) is 5.02 Å². The predicted molar refractivity (Wildman–Crippen MR) is 117 cm³/mol. The van der Waals surface area contributed by atoms with Gasteiger partial charge < -0.3 is 9.84 Å². The van der Waals surface area contributed by atoms with E-state index in [0.717, 1.165) is 0 Å². The second kappa shape index (κ2) is 8.45. The van der Waals surface area contributed by atoms with Crippen molar-refractivity contribution >= 4 is 27.4 Å². The molecule has 0 fully saturated rings. The van der Waals surface area contributed by atoms with Crippen LogP contribution in [0.25, 0.3) is 16.9 Å². The normalized spacial score (nSPS) is 11.3. The Balaban J connectivity index is 1.95. The van der Waals surface area contributed by atoms with Gasteiger partial charge in [-0.05, 0) is 54.6 Å². The average Bonchev–Trinajstić information content (AvgIpc) is 3.26. The summed E-state index contributed by atoms with van der Waals surface area (Å²) < 4.78 is 33.3. The van der Waals surface area contributed by atoms with Crippen molar-refractivity contribution in [3.8, 4) is 22.7 Å². The molecule has 1 heterocycles. The molecule has 0 aliphatic heterocycles. The Labute approximate surface area is 188 Å². The van der Waals surface area contributed by atoms with Crippen molar-refractivity contribution in [3.05, 3.63) is 83.4 Å². The molecule has 0 amide bonds. The van der Waals surface area contributed by atoms with Crippen LogP contribution in [0.3, 0.4) is 0 Å². The molecule has 0 radical (unpaired) electrons. The molecular weight excluding hydrogens is 454 g/mol. The first-order chi connectivity index (χ1) is 15.3. The summed E-state index contributed by atoms with van der Waals surface area (Å²) in [5, 5.41) is 17.6. The van der Waals surface area contributed by atoms with E-state index in [1.165, 1.54) is 48.2 Å². The minimum absolute atomic E-state index is 0.0138. The van der Waals surface area contributed by atoms with E-state index in [4.69, 9.17) is 16.3 Å². The number of ether oxygens (including phenoxy) is 1. The molecule has 0 bridgehead atoms. The molecule has 0 atom stereocenters. The van der Waals surface area contributed by atoms with Crippen LogP contribution >= 0.6 is 11.6 Å². The number of benzene rings is 3. The zero-order chi connectivity index (χ0) is 22.9. The molecule has 10 heteroatoms. The van der Waals surface area contributed by atoms with Gasteiger partial charge in [-0.2, -0.15) is 0 Å². The largest absolute Gasteiger partial charge is 0.497 e. The molecule has 0 saturated heterocycles. The number of sulfone groups is 1. The van der Waals surface area contributed by atoms with Gasteiger partial charge in [0.2, 0.25) is 14.9 Å². The monoisotopic (exact) mass is 469 g/mol. The van der Waals surface area contributed by atoms with Crippen molar-refractivity contribution < 1.29 is 23.1 Å². The Bertz CT molecular complexity index is 1400. The van der Waals surface area contributed by atoms with E-state index in [9.17, 15) is 18.3 Å². The Morgan fingerprint density at radius 2 is 1.72 bits per heavy atom. The Morgan fingerprint density at radius 3 is 2.34 bits per heavy atom. The SMILES string of the molecule is COc1ccc(S(=O)(=O)c2nnn(-c3cccc(C(=O)O)c3)c2-c2ccc(Cl)cc2)cc1. The zero-order valence-electron chi connectivity index (χ0n) is 16.6. The lowest BCUT2D eigenvalue weighted by atomic mass is 10.1. The third-order valence-electron chi connectivity index (χ3n) is 4.72. The maximum atomic E-state index is 13.4. The van der Waals surface area contributed by atoms with Crippen LogP contribution in [0.5, 0.6) is 5.75 Å². The second-order valence-corrected chi connectivity index (χ2v) is 9.00. The third kappa shape index (κ3) is 3.95. The Morgan fingerprint density at radius 1 is 1.03 bits per heavy atom. The molecule has 1 aromatic heterocycles. The average molecular weight is 470 g/mol. The number of halogens is 1. The first-order valence-electron chi connectivity index (χ1n) is 9.26. The molecule has 4 aromatic rings. The topological polar surface area (TPSA) is 111 Å². The lowest BCUT2D eigenvalue weighted by Gasteiger charge is -2.10. The van der Waals surface area contributed by atoms with Gasteiger partial charge in [0.1, 0.15) is 11.4 Å². The van der Waals surface area contributed by atoms with Crippen molar-refractivity contribution in [2.45, 2.75) is 9.92 Å². The Hall–Kier alpha value is -3.69. The van der Waals surface area contributed by atoms with E-state index in [-0.39, 0.29) is 21.2 Å². The fraction of sp³-hybridized carbons (Fsp3) is 0.0455. The van der Waals surface area contributed by atoms with Gasteiger partial charge in [0.05, 0.1) is 23.3 Å². The van der Waals surface area contributed by atoms with Gasteiger partial charge in [0, 0.05) is 10.6 Å². The van der Waals surface area contributed by atoms with Crippen LogP contribution in [0.4, 0.5) is 0 Å². The summed E-state index contributed by atoms with van der Waals surface area (Å²) in [6, 6.07) is 18.4. The lowest BCUT2D eigenvalue weighted by Crippen LogP contribution is -2.06. The molecule has 0 unspecified atom stereocenters. The fourth-order valence-corrected chi connectivity index (χ4v) is 4.57. The minimum atomic E-state index is -4.07. The summed E-state index contributed by atoms with van der Waals surface area (Å²) >= 11 is 6.01. The molecule has 0 saturated carbocycles. The second-order valence-electron chi connectivity index (χ2n) is 6.70. The van der Waals surface area contributed by atoms with Crippen molar-refractivity contribution in [2.75, 3.05) is 7.11 Å². The van der Waals surface area contributed by atoms with Crippen LogP contribution in [-0.4, -0.2) is 41.6 Å². The number of hydrogen-bond donors (Lipinski definition) is 1. The van der Waals surface area contributed by atoms with Crippen LogP contribution in [0, 0.1) is 0 Å². The number of rotatable bonds is 6. The summed E-state index contributed by atoms with van der Waals surface area (Å²) in [6.07, 6.45) is 0. The quantitative estimate of drug-likeness (QED) is 0.452. The number of methoxy groups -OCH3 is 1. The molecule has 1 N–H and O–H groups in total. The lowest BCUT2D eigenvalue weighted by molar-refractivity contribution is 0.0697. The van der Waals surface area contributed by atoms with Gasteiger partial charge in [-0.1, -0.05) is 35.0 Å². The van der Waals surface area contributed by atoms with E-state index in [2.05, 4.69) is 10.3 Å². The highest BCUT2D eigenvalue weighted by atomic mass is 35.5. The van der Waals surface area contributed by atoms with E-state index in [1.54, 1.807) is 36.4 Å². The Kier molecular flexibility index (Phi) is 5.68. The van der Waals surface area contributed by atoms with Gasteiger partial charge in [0.25, 0.3) is 0 Å². The van der Waals surface area contributed by atoms with E-state index in [1.807, 2.05) is 0 Å². The zero-order valence-corrected chi connectivity index (χ0v) is 18.2. The van der Waals surface area contributed by atoms with E-state index < -0.39 is 15.8 Å². The van der Waals surface area contributed by atoms with Gasteiger partial charge in [0.15, 0.2) is 0 Å².